The van der Waals surface area contributed by atoms with Crippen LogP contribution in [-0.2, 0) is 0 Å². The van der Waals surface area contributed by atoms with Crippen molar-refractivity contribution in [2.75, 3.05) is 13.1 Å². The third-order valence-electron chi connectivity index (χ3n) is 4.63. The Hall–Kier alpha value is -1.35. The Kier molecular flexibility index (Phi) is 3.79. The molecule has 0 radical (unpaired) electrons. The number of rotatable bonds is 2. The van der Waals surface area contributed by atoms with Crippen LogP contribution in [0.25, 0.3) is 0 Å². The van der Waals surface area contributed by atoms with Crippen molar-refractivity contribution in [3.05, 3.63) is 35.4 Å². The van der Waals surface area contributed by atoms with E-state index in [0.29, 0.717) is 18.0 Å². The average Bonchev–Trinajstić information content (AvgIpc) is 2.78. The molecule has 108 valence electrons. The van der Waals surface area contributed by atoms with Gasteiger partial charge in [-0.2, -0.15) is 0 Å². The molecule has 1 amide bonds. The molecule has 2 heterocycles. The highest BCUT2D eigenvalue weighted by atomic mass is 16.2. The lowest BCUT2D eigenvalue weighted by Gasteiger charge is -2.24. The molecule has 3 rings (SSSR count). The molecule has 1 N–H and O–H groups in total. The van der Waals surface area contributed by atoms with Gasteiger partial charge in [0.05, 0.1) is 0 Å². The van der Waals surface area contributed by atoms with Crippen LogP contribution in [0.1, 0.15) is 54.9 Å². The molecule has 0 saturated carbocycles. The largest absolute Gasteiger partial charge is 0.337 e. The smallest absolute Gasteiger partial charge is 0.253 e. The molecular weight excluding hydrogens is 248 g/mol. The Labute approximate surface area is 121 Å². The zero-order valence-electron chi connectivity index (χ0n) is 12.4. The van der Waals surface area contributed by atoms with Crippen LogP contribution in [0.3, 0.4) is 0 Å². The Morgan fingerprint density at radius 1 is 1.15 bits per heavy atom. The van der Waals surface area contributed by atoms with E-state index < -0.39 is 0 Å². The first-order chi connectivity index (χ1) is 9.63. The minimum absolute atomic E-state index is 0.189. The lowest BCUT2D eigenvalue weighted by molar-refractivity contribution is 0.0748. The summed E-state index contributed by atoms with van der Waals surface area (Å²) in [4.78, 5) is 14.6. The molecule has 20 heavy (non-hydrogen) atoms. The summed E-state index contributed by atoms with van der Waals surface area (Å²) in [7, 11) is 0. The maximum Gasteiger partial charge on any atom is 0.253 e. The van der Waals surface area contributed by atoms with Gasteiger partial charge < -0.3 is 10.2 Å². The Morgan fingerprint density at radius 2 is 1.85 bits per heavy atom. The van der Waals surface area contributed by atoms with E-state index in [0.717, 1.165) is 25.1 Å². The summed E-state index contributed by atoms with van der Waals surface area (Å²) >= 11 is 0. The van der Waals surface area contributed by atoms with Crippen LogP contribution in [0, 0.1) is 0 Å². The minimum atomic E-state index is 0.189. The average molecular weight is 272 g/mol. The zero-order chi connectivity index (χ0) is 14.1. The fourth-order valence-electron chi connectivity index (χ4n) is 3.32. The highest BCUT2D eigenvalue weighted by molar-refractivity contribution is 5.94. The van der Waals surface area contributed by atoms with Gasteiger partial charge in [-0.25, -0.2) is 0 Å². The first-order valence-electron chi connectivity index (χ1n) is 7.79. The minimum Gasteiger partial charge on any atom is -0.337 e. The Morgan fingerprint density at radius 3 is 2.55 bits per heavy atom. The quantitative estimate of drug-likeness (QED) is 0.898. The topological polar surface area (TPSA) is 32.3 Å². The van der Waals surface area contributed by atoms with Crippen LogP contribution in [-0.4, -0.2) is 36.0 Å². The van der Waals surface area contributed by atoms with Gasteiger partial charge in [-0.15, -0.1) is 0 Å². The van der Waals surface area contributed by atoms with Gasteiger partial charge in [0.15, 0.2) is 0 Å². The highest BCUT2D eigenvalue weighted by Crippen LogP contribution is 2.22. The first kappa shape index (κ1) is 13.6. The Balaban J connectivity index is 1.71. The molecule has 2 aliphatic rings. The summed E-state index contributed by atoms with van der Waals surface area (Å²) in [6.07, 6.45) is 3.57. The van der Waals surface area contributed by atoms with Crippen molar-refractivity contribution < 1.29 is 4.79 Å². The van der Waals surface area contributed by atoms with Gasteiger partial charge in [-0.3, -0.25) is 4.79 Å². The van der Waals surface area contributed by atoms with Gasteiger partial charge in [0.2, 0.25) is 0 Å². The van der Waals surface area contributed by atoms with E-state index in [1.54, 1.807) is 0 Å². The van der Waals surface area contributed by atoms with Crippen molar-refractivity contribution in [1.29, 1.82) is 0 Å². The van der Waals surface area contributed by atoms with Gasteiger partial charge in [-0.1, -0.05) is 26.0 Å². The molecule has 3 heteroatoms. The molecule has 0 aliphatic carbocycles. The summed E-state index contributed by atoms with van der Waals surface area (Å²) in [6, 6.07) is 9.26. The van der Waals surface area contributed by atoms with Crippen LogP contribution < -0.4 is 5.32 Å². The second kappa shape index (κ2) is 5.57. The number of nitrogens with zero attached hydrogens (tertiary/aromatic N) is 1. The lowest BCUT2D eigenvalue weighted by Crippen LogP contribution is -2.39. The summed E-state index contributed by atoms with van der Waals surface area (Å²) in [5.41, 5.74) is 2.12. The number of benzene rings is 1. The number of likely N-dealkylation sites (tertiary alicyclic amines) is 1. The number of fused-ring (bicyclic) bond motifs is 2. The second-order valence-corrected chi connectivity index (χ2v) is 6.45. The van der Waals surface area contributed by atoms with Crippen molar-refractivity contribution in [3.63, 3.8) is 0 Å². The number of hydrogen-bond acceptors (Lipinski definition) is 2. The molecule has 2 fully saturated rings. The molecular formula is C17H24N2O. The van der Waals surface area contributed by atoms with Crippen molar-refractivity contribution in [2.24, 2.45) is 0 Å². The SMILES string of the molecule is CC(C)c1ccc(C(=O)N2CCC3CCC(C2)N3)cc1. The third-order valence-corrected chi connectivity index (χ3v) is 4.63. The van der Waals surface area contributed by atoms with E-state index in [4.69, 9.17) is 0 Å². The molecule has 0 aromatic heterocycles. The summed E-state index contributed by atoms with van der Waals surface area (Å²) in [5, 5.41) is 3.62. The Bertz CT molecular complexity index is 480. The predicted molar refractivity (Wildman–Crippen MR) is 81.0 cm³/mol. The molecule has 3 nitrogen and oxygen atoms in total. The summed E-state index contributed by atoms with van der Waals surface area (Å²) in [6.45, 7) is 6.10. The van der Waals surface area contributed by atoms with Gasteiger partial charge in [0, 0.05) is 30.7 Å². The van der Waals surface area contributed by atoms with Gasteiger partial charge in [-0.05, 0) is 42.9 Å². The number of amides is 1. The van der Waals surface area contributed by atoms with Crippen molar-refractivity contribution in [1.82, 2.24) is 10.2 Å². The molecule has 2 saturated heterocycles. The zero-order valence-corrected chi connectivity index (χ0v) is 12.4. The lowest BCUT2D eigenvalue weighted by atomic mass is 10.0. The summed E-state index contributed by atoms with van der Waals surface area (Å²) < 4.78 is 0. The predicted octanol–water partition coefficient (Wildman–Crippen LogP) is 2.78. The van der Waals surface area contributed by atoms with Crippen LogP contribution in [0.5, 0.6) is 0 Å². The van der Waals surface area contributed by atoms with Gasteiger partial charge >= 0.3 is 0 Å². The number of hydrogen-bond donors (Lipinski definition) is 1. The highest BCUT2D eigenvalue weighted by Gasteiger charge is 2.31. The van der Waals surface area contributed by atoms with Crippen LogP contribution in [0.4, 0.5) is 0 Å². The fourth-order valence-corrected chi connectivity index (χ4v) is 3.32. The first-order valence-corrected chi connectivity index (χ1v) is 7.79. The summed E-state index contributed by atoms with van der Waals surface area (Å²) in [5.74, 6) is 0.701. The maximum atomic E-state index is 12.6. The standard InChI is InChI=1S/C17H24N2O/c1-12(2)13-3-5-14(6-4-13)17(20)19-10-9-15-7-8-16(11-19)18-15/h3-6,12,15-16,18H,7-11H2,1-2H3. The van der Waals surface area contributed by atoms with Crippen LogP contribution in [0.2, 0.25) is 0 Å². The van der Waals surface area contributed by atoms with Crippen molar-refractivity contribution >= 4 is 5.91 Å². The molecule has 1 aromatic carbocycles. The molecule has 1 aromatic rings. The van der Waals surface area contributed by atoms with E-state index in [1.165, 1.54) is 18.4 Å². The van der Waals surface area contributed by atoms with E-state index in [-0.39, 0.29) is 5.91 Å². The molecule has 0 spiro atoms. The van der Waals surface area contributed by atoms with E-state index in [2.05, 4.69) is 31.3 Å². The van der Waals surface area contributed by atoms with E-state index in [9.17, 15) is 4.79 Å². The molecule has 2 atom stereocenters. The van der Waals surface area contributed by atoms with Crippen LogP contribution in [0.15, 0.2) is 24.3 Å². The number of nitrogens with one attached hydrogen (secondary N) is 1. The van der Waals surface area contributed by atoms with Crippen molar-refractivity contribution in [2.45, 2.75) is 51.1 Å². The number of carbonyl (C=O) groups excluding carboxylic acids is 1. The monoisotopic (exact) mass is 272 g/mol. The van der Waals surface area contributed by atoms with Gasteiger partial charge in [0.25, 0.3) is 5.91 Å². The van der Waals surface area contributed by atoms with E-state index >= 15 is 0 Å². The van der Waals surface area contributed by atoms with Gasteiger partial charge in [0.1, 0.15) is 0 Å². The van der Waals surface area contributed by atoms with Crippen LogP contribution >= 0.6 is 0 Å². The number of carbonyl (C=O) groups is 1. The fraction of sp³-hybridized carbons (Fsp3) is 0.588. The van der Waals surface area contributed by atoms with Crippen molar-refractivity contribution in [3.8, 4) is 0 Å². The third kappa shape index (κ3) is 2.73. The molecule has 2 bridgehead atoms. The maximum absolute atomic E-state index is 12.6. The van der Waals surface area contributed by atoms with E-state index in [1.807, 2.05) is 17.0 Å². The second-order valence-electron chi connectivity index (χ2n) is 6.45. The normalized spacial score (nSPS) is 25.9. The molecule has 2 unspecified atom stereocenters. The molecule has 2 aliphatic heterocycles.